The van der Waals surface area contributed by atoms with E-state index in [9.17, 15) is 9.59 Å². The van der Waals surface area contributed by atoms with Gasteiger partial charge in [-0.3, -0.25) is 4.79 Å². The maximum Gasteiger partial charge on any atom is 0.341 e. The molecule has 0 spiro atoms. The van der Waals surface area contributed by atoms with Crippen LogP contribution in [0.1, 0.15) is 55.8 Å². The van der Waals surface area contributed by atoms with Crippen molar-refractivity contribution in [2.24, 2.45) is 5.41 Å². The van der Waals surface area contributed by atoms with Gasteiger partial charge in [0, 0.05) is 19.3 Å². The minimum absolute atomic E-state index is 0.177. The number of anilines is 1. The second-order valence-corrected chi connectivity index (χ2v) is 9.05. The maximum absolute atomic E-state index is 15.0. The van der Waals surface area contributed by atoms with Crippen molar-refractivity contribution >= 4 is 28.2 Å². The second kappa shape index (κ2) is 5.47. The summed E-state index contributed by atoms with van der Waals surface area (Å²) >= 11 is 1.12. The van der Waals surface area contributed by atoms with E-state index < -0.39 is 34.3 Å². The van der Waals surface area contributed by atoms with E-state index in [0.29, 0.717) is 0 Å². The summed E-state index contributed by atoms with van der Waals surface area (Å²) in [4.78, 5) is 24.9. The first kappa shape index (κ1) is 17.8. The molecule has 0 radical (unpaired) electrons. The summed E-state index contributed by atoms with van der Waals surface area (Å²) in [6.45, 7) is 1.85. The molecule has 4 bridgehead atoms. The summed E-state index contributed by atoms with van der Waals surface area (Å²) in [7, 11) is 0. The largest absolute Gasteiger partial charge is 0.462 e. The standard InChI is InChI=1S/C18H20F3NO3S/c1-2-25-13(23)11-3-4-26-12(11)22-14(24)15-5-16(19)8-17(20,6-15)10-18(21,7-15)9-16/h3-4H,2,5-10H2,1H3,(H,22,24). The zero-order valence-corrected chi connectivity index (χ0v) is 15.2. The Morgan fingerprint density at radius 2 is 1.62 bits per heavy atom. The third kappa shape index (κ3) is 2.73. The van der Waals surface area contributed by atoms with Crippen LogP contribution in [-0.2, 0) is 9.53 Å². The highest BCUT2D eigenvalue weighted by Crippen LogP contribution is 2.68. The number of ether oxygens (including phenoxy) is 1. The fraction of sp³-hybridized carbons (Fsp3) is 0.667. The fourth-order valence-corrected chi connectivity index (χ4v) is 6.30. The number of alkyl halides is 3. The number of hydrogen-bond acceptors (Lipinski definition) is 4. The lowest BCUT2D eigenvalue weighted by molar-refractivity contribution is -0.214. The van der Waals surface area contributed by atoms with Gasteiger partial charge in [0.05, 0.1) is 17.6 Å². The molecule has 0 aromatic carbocycles. The monoisotopic (exact) mass is 387 g/mol. The highest BCUT2D eigenvalue weighted by Gasteiger charge is 2.72. The lowest BCUT2D eigenvalue weighted by Gasteiger charge is -2.62. The van der Waals surface area contributed by atoms with Crippen molar-refractivity contribution in [3.05, 3.63) is 17.0 Å². The van der Waals surface area contributed by atoms with Crippen molar-refractivity contribution in [3.63, 3.8) is 0 Å². The van der Waals surface area contributed by atoms with Gasteiger partial charge in [0.2, 0.25) is 5.91 Å². The van der Waals surface area contributed by atoms with E-state index in [0.717, 1.165) is 11.3 Å². The Morgan fingerprint density at radius 3 is 2.12 bits per heavy atom. The number of esters is 1. The van der Waals surface area contributed by atoms with Crippen LogP contribution in [0.5, 0.6) is 0 Å². The number of nitrogens with one attached hydrogen (secondary N) is 1. The third-order valence-corrected chi connectivity index (χ3v) is 6.57. The Kier molecular flexibility index (Phi) is 3.75. The van der Waals surface area contributed by atoms with E-state index in [2.05, 4.69) is 5.32 Å². The Bertz CT molecular complexity index is 726. The number of carbonyl (C=O) groups excluding carboxylic acids is 2. The molecule has 142 valence electrons. The van der Waals surface area contributed by atoms with Crippen LogP contribution in [-0.4, -0.2) is 35.5 Å². The maximum atomic E-state index is 15.0. The summed E-state index contributed by atoms with van der Waals surface area (Å²) in [5.74, 6) is -1.20. The fourth-order valence-electron chi connectivity index (χ4n) is 5.52. The molecule has 1 amide bonds. The smallest absolute Gasteiger partial charge is 0.341 e. The number of carbonyl (C=O) groups is 2. The molecular weight excluding hydrogens is 367 g/mol. The predicted octanol–water partition coefficient (Wildman–Crippen LogP) is 4.36. The molecule has 1 aromatic heterocycles. The molecule has 1 heterocycles. The Hall–Kier alpha value is -1.57. The SMILES string of the molecule is CCOC(=O)c1ccsc1NC(=O)C12CC3(F)CC(F)(CC(F)(C3)C1)C2. The highest BCUT2D eigenvalue weighted by atomic mass is 32.1. The normalized spacial score (nSPS) is 40.5. The average Bonchev–Trinajstić information content (AvgIpc) is 2.90. The van der Waals surface area contributed by atoms with Crippen LogP contribution < -0.4 is 5.32 Å². The summed E-state index contributed by atoms with van der Waals surface area (Å²) in [6, 6.07) is 1.52. The van der Waals surface area contributed by atoms with Crippen LogP contribution >= 0.6 is 11.3 Å². The number of thiophene rings is 1. The molecule has 0 aliphatic heterocycles. The molecule has 8 heteroatoms. The number of amides is 1. The van der Waals surface area contributed by atoms with Gasteiger partial charge in [0.1, 0.15) is 22.0 Å². The third-order valence-electron chi connectivity index (χ3n) is 5.74. The van der Waals surface area contributed by atoms with Crippen molar-refractivity contribution in [2.45, 2.75) is 62.5 Å². The van der Waals surface area contributed by atoms with E-state index in [1.165, 1.54) is 6.07 Å². The van der Waals surface area contributed by atoms with Gasteiger partial charge in [-0.15, -0.1) is 11.3 Å². The molecule has 0 atom stereocenters. The Morgan fingerprint density at radius 1 is 1.08 bits per heavy atom. The van der Waals surface area contributed by atoms with Crippen molar-refractivity contribution < 1.29 is 27.5 Å². The van der Waals surface area contributed by atoms with Gasteiger partial charge in [0.15, 0.2) is 0 Å². The second-order valence-electron chi connectivity index (χ2n) is 8.13. The van der Waals surface area contributed by atoms with E-state index in [1.807, 2.05) is 0 Å². The molecule has 4 aliphatic carbocycles. The van der Waals surface area contributed by atoms with Crippen LogP contribution in [0, 0.1) is 5.41 Å². The van der Waals surface area contributed by atoms with E-state index in [4.69, 9.17) is 4.74 Å². The lowest BCUT2D eigenvalue weighted by Crippen LogP contribution is -2.67. The van der Waals surface area contributed by atoms with Crippen molar-refractivity contribution in [3.8, 4) is 0 Å². The predicted molar refractivity (Wildman–Crippen MR) is 90.6 cm³/mol. The van der Waals surface area contributed by atoms with Gasteiger partial charge >= 0.3 is 5.97 Å². The summed E-state index contributed by atoms with van der Waals surface area (Å²) in [5.41, 5.74) is -7.21. The first-order chi connectivity index (χ1) is 12.1. The molecule has 1 aromatic rings. The highest BCUT2D eigenvalue weighted by molar-refractivity contribution is 7.14. The molecule has 4 aliphatic rings. The zero-order chi connectivity index (χ0) is 18.8. The molecule has 5 rings (SSSR count). The lowest BCUT2D eigenvalue weighted by atomic mass is 9.46. The summed E-state index contributed by atoms with van der Waals surface area (Å²) in [6.07, 6.45) is -1.55. The molecule has 0 saturated heterocycles. The van der Waals surface area contributed by atoms with Crippen molar-refractivity contribution in [1.82, 2.24) is 0 Å². The van der Waals surface area contributed by atoms with Gasteiger partial charge in [-0.1, -0.05) is 0 Å². The number of hydrogen-bond donors (Lipinski definition) is 1. The average molecular weight is 387 g/mol. The van der Waals surface area contributed by atoms with Crippen LogP contribution in [0.2, 0.25) is 0 Å². The van der Waals surface area contributed by atoms with E-state index in [-0.39, 0.29) is 55.7 Å². The molecular formula is C18H20F3NO3S. The van der Waals surface area contributed by atoms with Crippen LogP contribution in [0.4, 0.5) is 18.2 Å². The van der Waals surface area contributed by atoms with Crippen LogP contribution in [0.3, 0.4) is 0 Å². The quantitative estimate of drug-likeness (QED) is 0.782. The number of halogens is 3. The molecule has 4 nitrogen and oxygen atoms in total. The van der Waals surface area contributed by atoms with Crippen molar-refractivity contribution in [1.29, 1.82) is 0 Å². The number of rotatable bonds is 4. The minimum atomic E-state index is -1.99. The minimum Gasteiger partial charge on any atom is -0.462 e. The molecule has 26 heavy (non-hydrogen) atoms. The molecule has 1 N–H and O–H groups in total. The first-order valence-corrected chi connectivity index (χ1v) is 9.61. The van der Waals surface area contributed by atoms with E-state index >= 15 is 13.2 Å². The summed E-state index contributed by atoms with van der Waals surface area (Å²) in [5, 5.41) is 4.50. The van der Waals surface area contributed by atoms with Crippen LogP contribution in [0.25, 0.3) is 0 Å². The Labute approximate surface area is 153 Å². The van der Waals surface area contributed by atoms with Crippen LogP contribution in [0.15, 0.2) is 11.4 Å². The molecule has 4 fully saturated rings. The first-order valence-electron chi connectivity index (χ1n) is 8.73. The van der Waals surface area contributed by atoms with Gasteiger partial charge < -0.3 is 10.1 Å². The molecule has 0 unspecified atom stereocenters. The van der Waals surface area contributed by atoms with Gasteiger partial charge in [0.25, 0.3) is 0 Å². The van der Waals surface area contributed by atoms with Gasteiger partial charge in [-0.05, 0) is 37.6 Å². The van der Waals surface area contributed by atoms with Gasteiger partial charge in [-0.25, -0.2) is 18.0 Å². The van der Waals surface area contributed by atoms with Gasteiger partial charge in [-0.2, -0.15) is 0 Å². The van der Waals surface area contributed by atoms with Crippen molar-refractivity contribution in [2.75, 3.05) is 11.9 Å². The summed E-state index contributed by atoms with van der Waals surface area (Å²) < 4.78 is 50.0. The Balaban J connectivity index is 1.62. The molecule has 4 saturated carbocycles. The topological polar surface area (TPSA) is 55.4 Å². The van der Waals surface area contributed by atoms with E-state index in [1.54, 1.807) is 12.3 Å². The zero-order valence-electron chi connectivity index (χ0n) is 14.4.